The number of benzene rings is 1. The monoisotopic (exact) mass is 417 g/mol. The van der Waals surface area contributed by atoms with E-state index in [1.54, 1.807) is 19.1 Å². The zero-order valence-corrected chi connectivity index (χ0v) is 18.3. The highest BCUT2D eigenvalue weighted by molar-refractivity contribution is 5.86. The van der Waals surface area contributed by atoms with Gasteiger partial charge >= 0.3 is 0 Å². The summed E-state index contributed by atoms with van der Waals surface area (Å²) in [6, 6.07) is 11.7. The van der Waals surface area contributed by atoms with Gasteiger partial charge in [0.1, 0.15) is 17.1 Å². The normalized spacial score (nSPS) is 17.2. The van der Waals surface area contributed by atoms with Gasteiger partial charge < -0.3 is 19.7 Å². The van der Waals surface area contributed by atoms with Crippen molar-refractivity contribution in [1.29, 1.82) is 0 Å². The molecule has 0 radical (unpaired) electrons. The van der Waals surface area contributed by atoms with Gasteiger partial charge in [0, 0.05) is 43.2 Å². The second-order valence-electron chi connectivity index (χ2n) is 9.30. The Morgan fingerprint density at radius 1 is 1.03 bits per heavy atom. The Labute approximate surface area is 181 Å². The van der Waals surface area contributed by atoms with E-state index < -0.39 is 0 Å². The number of phenols is 1. The number of nitrogens with zero attached hydrogens (tertiary/aromatic N) is 4. The molecule has 1 unspecified atom stereocenters. The Bertz CT molecular complexity index is 1270. The molecule has 4 aromatic rings. The summed E-state index contributed by atoms with van der Waals surface area (Å²) < 4.78 is 5.61. The molecule has 7 heteroatoms. The first-order chi connectivity index (χ1) is 14.7. The van der Waals surface area contributed by atoms with E-state index in [2.05, 4.69) is 36.0 Å². The first-order valence-corrected chi connectivity index (χ1v) is 10.7. The zero-order chi connectivity index (χ0) is 21.8. The number of rotatable bonds is 3. The number of anilines is 1. The Balaban J connectivity index is 1.43. The summed E-state index contributed by atoms with van der Waals surface area (Å²) in [6.07, 6.45) is 1.11. The van der Waals surface area contributed by atoms with Crippen molar-refractivity contribution in [2.75, 3.05) is 18.0 Å². The summed E-state index contributed by atoms with van der Waals surface area (Å²) in [7, 11) is 0. The van der Waals surface area contributed by atoms with Crippen LogP contribution in [0.2, 0.25) is 0 Å². The first-order valence-electron chi connectivity index (χ1n) is 10.7. The van der Waals surface area contributed by atoms with E-state index in [0.717, 1.165) is 36.4 Å². The molecule has 0 saturated carbocycles. The van der Waals surface area contributed by atoms with Gasteiger partial charge in [-0.2, -0.15) is 0 Å². The molecule has 0 bridgehead atoms. The molecule has 1 aromatic carbocycles. The number of aromatic hydroxyl groups is 1. The van der Waals surface area contributed by atoms with Crippen LogP contribution in [-0.2, 0) is 0 Å². The standard InChI is InChI=1S/C24H27N5O2/c1-14-25-20-12-21(30)16(11-22(20)31-14)17-5-6-19-18(26-17)7-8-23(27-19)29-10-9-15(13-29)28-24(2,3)4/h5-8,11-12,15,28,30H,9-10,13H2,1-4H3. The van der Waals surface area contributed by atoms with Crippen molar-refractivity contribution >= 4 is 28.0 Å². The molecule has 1 aliphatic rings. The summed E-state index contributed by atoms with van der Waals surface area (Å²) in [4.78, 5) is 16.2. The minimum absolute atomic E-state index is 0.108. The van der Waals surface area contributed by atoms with Crippen molar-refractivity contribution in [2.24, 2.45) is 0 Å². The molecule has 1 saturated heterocycles. The molecule has 4 heterocycles. The van der Waals surface area contributed by atoms with Crippen molar-refractivity contribution in [3.8, 4) is 17.0 Å². The minimum atomic E-state index is 0.108. The van der Waals surface area contributed by atoms with Gasteiger partial charge in [-0.25, -0.2) is 15.0 Å². The molecule has 0 amide bonds. The number of pyridine rings is 2. The molecule has 5 rings (SSSR count). The molecule has 1 atom stereocenters. The number of hydrogen-bond donors (Lipinski definition) is 2. The quantitative estimate of drug-likeness (QED) is 0.510. The molecule has 1 fully saturated rings. The van der Waals surface area contributed by atoms with Gasteiger partial charge in [-0.05, 0) is 57.5 Å². The van der Waals surface area contributed by atoms with Crippen molar-refractivity contribution < 1.29 is 9.52 Å². The molecular weight excluding hydrogens is 390 g/mol. The van der Waals surface area contributed by atoms with Crippen LogP contribution in [0.5, 0.6) is 5.75 Å². The van der Waals surface area contributed by atoms with Crippen LogP contribution in [-0.4, -0.2) is 44.7 Å². The van der Waals surface area contributed by atoms with E-state index in [9.17, 15) is 5.11 Å². The number of nitrogens with one attached hydrogen (secondary N) is 1. The summed E-state index contributed by atoms with van der Waals surface area (Å²) in [6.45, 7) is 10.3. The van der Waals surface area contributed by atoms with E-state index in [0.29, 0.717) is 34.3 Å². The van der Waals surface area contributed by atoms with Crippen LogP contribution in [0.4, 0.5) is 5.82 Å². The highest BCUT2D eigenvalue weighted by Gasteiger charge is 2.26. The maximum absolute atomic E-state index is 10.5. The number of hydrogen-bond acceptors (Lipinski definition) is 7. The lowest BCUT2D eigenvalue weighted by Gasteiger charge is -2.26. The predicted molar refractivity (Wildman–Crippen MR) is 122 cm³/mol. The molecule has 160 valence electrons. The van der Waals surface area contributed by atoms with Crippen molar-refractivity contribution in [1.82, 2.24) is 20.3 Å². The lowest BCUT2D eigenvalue weighted by Crippen LogP contribution is -2.44. The molecule has 31 heavy (non-hydrogen) atoms. The second-order valence-corrected chi connectivity index (χ2v) is 9.30. The molecule has 0 spiro atoms. The van der Waals surface area contributed by atoms with Crippen molar-refractivity contribution in [2.45, 2.75) is 45.7 Å². The topological polar surface area (TPSA) is 87.3 Å². The van der Waals surface area contributed by atoms with Gasteiger partial charge in [0.05, 0.1) is 16.7 Å². The van der Waals surface area contributed by atoms with E-state index >= 15 is 0 Å². The van der Waals surface area contributed by atoms with Crippen LogP contribution < -0.4 is 10.2 Å². The lowest BCUT2D eigenvalue weighted by molar-refractivity contribution is 0.373. The molecular formula is C24H27N5O2. The zero-order valence-electron chi connectivity index (χ0n) is 18.3. The summed E-state index contributed by atoms with van der Waals surface area (Å²) >= 11 is 0. The number of aromatic nitrogens is 3. The predicted octanol–water partition coefficient (Wildman–Crippen LogP) is 4.42. The van der Waals surface area contributed by atoms with E-state index in [1.165, 1.54) is 0 Å². The van der Waals surface area contributed by atoms with Crippen LogP contribution in [0.1, 0.15) is 33.1 Å². The average molecular weight is 418 g/mol. The maximum atomic E-state index is 10.5. The Kier molecular flexibility index (Phi) is 4.59. The van der Waals surface area contributed by atoms with E-state index in [1.807, 2.05) is 24.3 Å². The fourth-order valence-corrected chi connectivity index (χ4v) is 4.31. The van der Waals surface area contributed by atoms with Crippen LogP contribution in [0.3, 0.4) is 0 Å². The summed E-state index contributed by atoms with van der Waals surface area (Å²) in [5, 5.41) is 14.2. The highest BCUT2D eigenvalue weighted by Crippen LogP contribution is 2.33. The highest BCUT2D eigenvalue weighted by atomic mass is 16.3. The third-order valence-corrected chi connectivity index (χ3v) is 5.57. The van der Waals surface area contributed by atoms with Gasteiger partial charge in [0.15, 0.2) is 11.5 Å². The van der Waals surface area contributed by atoms with Crippen LogP contribution >= 0.6 is 0 Å². The van der Waals surface area contributed by atoms with E-state index in [-0.39, 0.29) is 11.3 Å². The molecule has 3 aromatic heterocycles. The van der Waals surface area contributed by atoms with Crippen molar-refractivity contribution in [3.63, 3.8) is 0 Å². The third kappa shape index (κ3) is 3.93. The smallest absolute Gasteiger partial charge is 0.192 e. The van der Waals surface area contributed by atoms with Crippen molar-refractivity contribution in [3.05, 3.63) is 42.3 Å². The van der Waals surface area contributed by atoms with Gasteiger partial charge in [-0.15, -0.1) is 0 Å². The first kappa shape index (κ1) is 19.8. The third-order valence-electron chi connectivity index (χ3n) is 5.57. The van der Waals surface area contributed by atoms with Crippen LogP contribution in [0.25, 0.3) is 33.4 Å². The van der Waals surface area contributed by atoms with Crippen LogP contribution in [0.15, 0.2) is 40.8 Å². The van der Waals surface area contributed by atoms with Crippen LogP contribution in [0, 0.1) is 6.92 Å². The molecule has 2 N–H and O–H groups in total. The summed E-state index contributed by atoms with van der Waals surface area (Å²) in [5.74, 6) is 1.67. The fraction of sp³-hybridized carbons (Fsp3) is 0.375. The number of oxazole rings is 1. The second kappa shape index (κ2) is 7.20. The number of phenolic OH excluding ortho intramolecular Hbond substituents is 1. The van der Waals surface area contributed by atoms with E-state index in [4.69, 9.17) is 14.4 Å². The van der Waals surface area contributed by atoms with Gasteiger partial charge in [0.2, 0.25) is 0 Å². The number of fused-ring (bicyclic) bond motifs is 2. The lowest BCUT2D eigenvalue weighted by atomic mass is 10.1. The Morgan fingerprint density at radius 2 is 1.81 bits per heavy atom. The van der Waals surface area contributed by atoms with Gasteiger partial charge in [0.25, 0.3) is 0 Å². The number of aryl methyl sites for hydroxylation is 1. The average Bonchev–Trinajstić information content (AvgIpc) is 3.30. The van der Waals surface area contributed by atoms with Gasteiger partial charge in [-0.1, -0.05) is 0 Å². The minimum Gasteiger partial charge on any atom is -0.507 e. The summed E-state index contributed by atoms with van der Waals surface area (Å²) in [5.41, 5.74) is 4.29. The Morgan fingerprint density at radius 3 is 2.61 bits per heavy atom. The largest absolute Gasteiger partial charge is 0.507 e. The molecule has 0 aliphatic carbocycles. The Hall–Kier alpha value is -3.19. The molecule has 7 nitrogen and oxygen atoms in total. The van der Waals surface area contributed by atoms with Gasteiger partial charge in [-0.3, -0.25) is 0 Å². The SMILES string of the molecule is Cc1nc2cc(O)c(-c3ccc4nc(N5CCC(NC(C)(C)C)C5)ccc4n3)cc2o1. The fourth-order valence-electron chi connectivity index (χ4n) is 4.31. The maximum Gasteiger partial charge on any atom is 0.192 e. The molecule has 1 aliphatic heterocycles.